The highest BCUT2D eigenvalue weighted by Gasteiger charge is 2.20. The number of aliphatic hydroxyl groups is 1. The summed E-state index contributed by atoms with van der Waals surface area (Å²) in [7, 11) is 0. The van der Waals surface area contributed by atoms with E-state index in [9.17, 15) is 9.90 Å². The predicted molar refractivity (Wildman–Crippen MR) is 67.2 cm³/mol. The van der Waals surface area contributed by atoms with Crippen LogP contribution in [0.15, 0.2) is 30.3 Å². The zero-order valence-electron chi connectivity index (χ0n) is 10.2. The minimum atomic E-state index is -0.360. The topological polar surface area (TPSA) is 61.8 Å². The number of ether oxygens (including phenoxy) is 1. The lowest BCUT2D eigenvalue weighted by atomic mass is 10.1. The molecule has 0 spiro atoms. The lowest BCUT2D eigenvalue weighted by Gasteiger charge is -2.29. The molecule has 5 nitrogen and oxygen atoms in total. The lowest BCUT2D eigenvalue weighted by Crippen LogP contribution is -2.47. The minimum Gasteiger partial charge on any atom is -0.394 e. The smallest absolute Gasteiger partial charge is 0.318 e. The molecule has 1 aliphatic heterocycles. The molecule has 0 aromatic heterocycles. The minimum absolute atomic E-state index is 0.111. The largest absolute Gasteiger partial charge is 0.394 e. The zero-order valence-corrected chi connectivity index (χ0v) is 10.2. The number of amides is 2. The molecule has 2 amide bonds. The summed E-state index contributed by atoms with van der Waals surface area (Å²) < 4.78 is 5.19. The van der Waals surface area contributed by atoms with Gasteiger partial charge in [-0.05, 0) is 5.56 Å². The number of morpholine rings is 1. The Kier molecular flexibility index (Phi) is 4.55. The summed E-state index contributed by atoms with van der Waals surface area (Å²) in [5.74, 6) is 0. The second-order valence-electron chi connectivity index (χ2n) is 4.19. The van der Waals surface area contributed by atoms with Crippen LogP contribution in [0, 0.1) is 0 Å². The van der Waals surface area contributed by atoms with Gasteiger partial charge < -0.3 is 20.1 Å². The Hall–Kier alpha value is -1.59. The third kappa shape index (κ3) is 3.21. The van der Waals surface area contributed by atoms with E-state index < -0.39 is 0 Å². The summed E-state index contributed by atoms with van der Waals surface area (Å²) in [6.07, 6.45) is 0. The van der Waals surface area contributed by atoms with Crippen molar-refractivity contribution < 1.29 is 14.6 Å². The van der Waals surface area contributed by atoms with E-state index in [2.05, 4.69) is 5.32 Å². The first-order valence-electron chi connectivity index (χ1n) is 6.10. The summed E-state index contributed by atoms with van der Waals surface area (Å²) in [4.78, 5) is 13.7. The Bertz CT molecular complexity index is 377. The fraction of sp³-hybridized carbons (Fsp3) is 0.462. The maximum Gasteiger partial charge on any atom is 0.318 e. The molecule has 1 saturated heterocycles. The van der Waals surface area contributed by atoms with Crippen LogP contribution in [0.4, 0.5) is 4.79 Å². The number of nitrogens with zero attached hydrogens (tertiary/aromatic N) is 1. The number of urea groups is 1. The Morgan fingerprint density at radius 3 is 2.61 bits per heavy atom. The van der Waals surface area contributed by atoms with Gasteiger partial charge in [-0.25, -0.2) is 4.79 Å². The van der Waals surface area contributed by atoms with Crippen molar-refractivity contribution in [2.24, 2.45) is 0 Å². The number of aliphatic hydroxyl groups excluding tert-OH is 1. The summed E-state index contributed by atoms with van der Waals surface area (Å²) in [5, 5.41) is 12.2. The highest BCUT2D eigenvalue weighted by molar-refractivity contribution is 5.74. The molecular formula is C13H18N2O3. The van der Waals surface area contributed by atoms with Crippen LogP contribution in [-0.2, 0) is 4.74 Å². The van der Waals surface area contributed by atoms with Gasteiger partial charge in [-0.2, -0.15) is 0 Å². The SMILES string of the molecule is O=C(N[C@@H](CO)c1ccccc1)N1CCOCC1. The van der Waals surface area contributed by atoms with E-state index in [0.717, 1.165) is 5.56 Å². The molecule has 0 saturated carbocycles. The van der Waals surface area contributed by atoms with E-state index in [1.165, 1.54) is 0 Å². The Morgan fingerprint density at radius 1 is 1.33 bits per heavy atom. The average molecular weight is 250 g/mol. The fourth-order valence-corrected chi connectivity index (χ4v) is 1.93. The van der Waals surface area contributed by atoms with E-state index in [4.69, 9.17) is 4.74 Å². The summed E-state index contributed by atoms with van der Waals surface area (Å²) in [6, 6.07) is 8.95. The quantitative estimate of drug-likeness (QED) is 0.832. The van der Waals surface area contributed by atoms with Crippen LogP contribution in [0.5, 0.6) is 0 Å². The Morgan fingerprint density at radius 2 is 2.00 bits per heavy atom. The maximum absolute atomic E-state index is 12.0. The zero-order chi connectivity index (χ0) is 12.8. The molecule has 1 fully saturated rings. The molecule has 0 unspecified atom stereocenters. The third-order valence-electron chi connectivity index (χ3n) is 2.98. The van der Waals surface area contributed by atoms with Gasteiger partial charge in [-0.3, -0.25) is 0 Å². The lowest BCUT2D eigenvalue weighted by molar-refractivity contribution is 0.0518. The molecule has 98 valence electrons. The number of hydrogen-bond donors (Lipinski definition) is 2. The monoisotopic (exact) mass is 250 g/mol. The molecule has 18 heavy (non-hydrogen) atoms. The van der Waals surface area contributed by atoms with E-state index in [1.54, 1.807) is 4.90 Å². The third-order valence-corrected chi connectivity index (χ3v) is 2.98. The molecule has 2 rings (SSSR count). The first-order chi connectivity index (χ1) is 8.81. The molecule has 1 atom stereocenters. The number of nitrogens with one attached hydrogen (secondary N) is 1. The number of carbonyl (C=O) groups is 1. The maximum atomic E-state index is 12.0. The van der Waals surface area contributed by atoms with Gasteiger partial charge in [-0.15, -0.1) is 0 Å². The number of benzene rings is 1. The van der Waals surface area contributed by atoms with Crippen molar-refractivity contribution >= 4 is 6.03 Å². The molecule has 1 aromatic rings. The van der Waals surface area contributed by atoms with Gasteiger partial charge in [0.2, 0.25) is 0 Å². The van der Waals surface area contributed by atoms with Crippen LogP contribution < -0.4 is 5.32 Å². The molecule has 0 bridgehead atoms. The first-order valence-corrected chi connectivity index (χ1v) is 6.10. The number of hydrogen-bond acceptors (Lipinski definition) is 3. The highest BCUT2D eigenvalue weighted by atomic mass is 16.5. The first kappa shape index (κ1) is 12.9. The molecule has 2 N–H and O–H groups in total. The van der Waals surface area contributed by atoms with Crippen molar-refractivity contribution in [3.05, 3.63) is 35.9 Å². The van der Waals surface area contributed by atoms with E-state index in [-0.39, 0.29) is 18.7 Å². The van der Waals surface area contributed by atoms with Gasteiger partial charge >= 0.3 is 6.03 Å². The van der Waals surface area contributed by atoms with Crippen molar-refractivity contribution in [1.82, 2.24) is 10.2 Å². The van der Waals surface area contributed by atoms with Crippen LogP contribution in [0.1, 0.15) is 11.6 Å². The van der Waals surface area contributed by atoms with Crippen LogP contribution >= 0.6 is 0 Å². The predicted octanol–water partition coefficient (Wildman–Crippen LogP) is 0.762. The molecular weight excluding hydrogens is 232 g/mol. The van der Waals surface area contributed by atoms with Crippen molar-refractivity contribution in [2.45, 2.75) is 6.04 Å². The van der Waals surface area contributed by atoms with Crippen LogP contribution in [0.25, 0.3) is 0 Å². The fourth-order valence-electron chi connectivity index (χ4n) is 1.93. The molecule has 0 aliphatic carbocycles. The summed E-state index contributed by atoms with van der Waals surface area (Å²) in [6.45, 7) is 2.22. The van der Waals surface area contributed by atoms with Crippen molar-refractivity contribution in [2.75, 3.05) is 32.9 Å². The Balaban J connectivity index is 1.95. The van der Waals surface area contributed by atoms with Crippen LogP contribution in [0.2, 0.25) is 0 Å². The second-order valence-corrected chi connectivity index (χ2v) is 4.19. The van der Waals surface area contributed by atoms with Gasteiger partial charge in [0.05, 0.1) is 25.9 Å². The molecule has 0 radical (unpaired) electrons. The van der Waals surface area contributed by atoms with Gasteiger partial charge in [-0.1, -0.05) is 30.3 Å². The number of rotatable bonds is 3. The molecule has 5 heteroatoms. The Labute approximate surface area is 106 Å². The van der Waals surface area contributed by atoms with E-state index in [0.29, 0.717) is 26.3 Å². The van der Waals surface area contributed by atoms with Crippen molar-refractivity contribution in [3.63, 3.8) is 0 Å². The van der Waals surface area contributed by atoms with Gasteiger partial charge in [0, 0.05) is 13.1 Å². The second kappa shape index (κ2) is 6.37. The van der Waals surface area contributed by atoms with E-state index >= 15 is 0 Å². The average Bonchev–Trinajstić information content (AvgIpc) is 2.46. The molecule has 1 heterocycles. The summed E-state index contributed by atoms with van der Waals surface area (Å²) >= 11 is 0. The molecule has 1 aliphatic rings. The highest BCUT2D eigenvalue weighted by Crippen LogP contribution is 2.12. The number of carbonyl (C=O) groups excluding carboxylic acids is 1. The standard InChI is InChI=1S/C13H18N2O3/c16-10-12(11-4-2-1-3-5-11)14-13(17)15-6-8-18-9-7-15/h1-5,12,16H,6-10H2,(H,14,17)/t12-/m0/s1. The normalized spacial score (nSPS) is 17.3. The van der Waals surface area contributed by atoms with E-state index in [1.807, 2.05) is 30.3 Å². The van der Waals surface area contributed by atoms with Gasteiger partial charge in [0.15, 0.2) is 0 Å². The van der Waals surface area contributed by atoms with Crippen LogP contribution in [0.3, 0.4) is 0 Å². The molecule has 1 aromatic carbocycles. The van der Waals surface area contributed by atoms with Crippen LogP contribution in [-0.4, -0.2) is 48.9 Å². The van der Waals surface area contributed by atoms with Gasteiger partial charge in [0.25, 0.3) is 0 Å². The summed E-state index contributed by atoms with van der Waals surface area (Å²) in [5.41, 5.74) is 0.904. The van der Waals surface area contributed by atoms with Crippen molar-refractivity contribution in [3.8, 4) is 0 Å². The van der Waals surface area contributed by atoms with Crippen molar-refractivity contribution in [1.29, 1.82) is 0 Å². The van der Waals surface area contributed by atoms with Gasteiger partial charge in [0.1, 0.15) is 0 Å².